The van der Waals surface area contributed by atoms with Gasteiger partial charge < -0.3 is 9.30 Å². The molecular weight excluding hydrogens is 234 g/mol. The Bertz CT molecular complexity index is 317. The minimum Gasteiger partial charge on any atom is -0.464 e. The van der Waals surface area contributed by atoms with Crippen molar-refractivity contribution >= 4 is 21.9 Å². The molecule has 1 rings (SSSR count). The molecule has 0 amide bonds. The normalized spacial score (nSPS) is 10.5. The summed E-state index contributed by atoms with van der Waals surface area (Å²) in [5, 5.41) is 0. The first kappa shape index (κ1) is 10.3. The van der Waals surface area contributed by atoms with Crippen LogP contribution in [0.25, 0.3) is 0 Å². The van der Waals surface area contributed by atoms with E-state index in [0.29, 0.717) is 5.69 Å². The van der Waals surface area contributed by atoms with E-state index in [2.05, 4.69) is 20.7 Å². The number of aromatic nitrogens is 1. The third-order valence-corrected chi connectivity index (χ3v) is 2.20. The Labute approximate surface area is 85.8 Å². The highest BCUT2D eigenvalue weighted by Crippen LogP contribution is 2.19. The predicted molar refractivity (Wildman–Crippen MR) is 53.9 cm³/mol. The van der Waals surface area contributed by atoms with Crippen molar-refractivity contribution in [3.63, 3.8) is 0 Å². The van der Waals surface area contributed by atoms with Crippen molar-refractivity contribution in [2.24, 2.45) is 0 Å². The Morgan fingerprint density at radius 1 is 1.62 bits per heavy atom. The number of methoxy groups -OCH3 is 1. The number of hydrogen-bond acceptors (Lipinski definition) is 2. The van der Waals surface area contributed by atoms with Crippen molar-refractivity contribution in [1.82, 2.24) is 4.57 Å². The fraction of sp³-hybridized carbons (Fsp3) is 0.444. The maximum atomic E-state index is 11.3. The van der Waals surface area contributed by atoms with Crippen LogP contribution in [0.4, 0.5) is 0 Å². The molecule has 0 spiro atoms. The molecule has 3 nitrogen and oxygen atoms in total. The summed E-state index contributed by atoms with van der Waals surface area (Å²) in [6.07, 6.45) is 1.87. The molecule has 0 atom stereocenters. The summed E-state index contributed by atoms with van der Waals surface area (Å²) in [6, 6.07) is 2.01. The first-order valence-corrected chi connectivity index (χ1v) is 4.81. The smallest absolute Gasteiger partial charge is 0.354 e. The minimum atomic E-state index is -0.306. The first-order chi connectivity index (χ1) is 6.06. The summed E-state index contributed by atoms with van der Waals surface area (Å²) in [6.45, 7) is 4.03. The summed E-state index contributed by atoms with van der Waals surface area (Å²) >= 11 is 3.32. The Kier molecular flexibility index (Phi) is 3.14. The van der Waals surface area contributed by atoms with Crippen LogP contribution in [0.1, 0.15) is 30.4 Å². The molecule has 0 bridgehead atoms. The molecule has 0 fully saturated rings. The van der Waals surface area contributed by atoms with Crippen LogP contribution < -0.4 is 0 Å². The predicted octanol–water partition coefficient (Wildman–Crippen LogP) is 2.62. The van der Waals surface area contributed by atoms with Crippen LogP contribution in [0.3, 0.4) is 0 Å². The number of carbonyl (C=O) groups excluding carboxylic acids is 1. The molecule has 0 saturated carbocycles. The summed E-state index contributed by atoms with van der Waals surface area (Å²) in [4.78, 5) is 11.3. The van der Waals surface area contributed by atoms with Crippen LogP contribution in [0.2, 0.25) is 0 Å². The molecule has 0 radical (unpaired) electrons. The van der Waals surface area contributed by atoms with E-state index in [1.165, 1.54) is 7.11 Å². The van der Waals surface area contributed by atoms with Crippen LogP contribution in [0.15, 0.2) is 16.7 Å². The zero-order valence-electron chi connectivity index (χ0n) is 7.87. The van der Waals surface area contributed by atoms with Crippen molar-refractivity contribution in [2.45, 2.75) is 19.9 Å². The van der Waals surface area contributed by atoms with E-state index in [0.717, 1.165) is 4.47 Å². The van der Waals surface area contributed by atoms with Gasteiger partial charge in [-0.2, -0.15) is 0 Å². The highest BCUT2D eigenvalue weighted by atomic mass is 79.9. The third kappa shape index (κ3) is 2.12. The standard InChI is InChI=1S/C9H12BrNO2/c1-6(2)11-5-7(10)4-8(11)9(12)13-3/h4-6H,1-3H3. The van der Waals surface area contributed by atoms with Crippen LogP contribution in [0, 0.1) is 0 Å². The highest BCUT2D eigenvalue weighted by Gasteiger charge is 2.14. The fourth-order valence-electron chi connectivity index (χ4n) is 1.14. The van der Waals surface area contributed by atoms with Crippen LogP contribution >= 0.6 is 15.9 Å². The molecule has 0 unspecified atom stereocenters. The second kappa shape index (κ2) is 3.96. The van der Waals surface area contributed by atoms with E-state index in [1.807, 2.05) is 24.6 Å². The second-order valence-corrected chi connectivity index (χ2v) is 3.95. The average molecular weight is 246 g/mol. The van der Waals surface area contributed by atoms with Gasteiger partial charge in [-0.1, -0.05) is 0 Å². The number of carbonyl (C=O) groups is 1. The lowest BCUT2D eigenvalue weighted by molar-refractivity contribution is 0.0587. The molecule has 1 aromatic heterocycles. The van der Waals surface area contributed by atoms with E-state index >= 15 is 0 Å². The quantitative estimate of drug-likeness (QED) is 0.751. The summed E-state index contributed by atoms with van der Waals surface area (Å²) in [5.41, 5.74) is 0.573. The lowest BCUT2D eigenvalue weighted by Gasteiger charge is -2.10. The Morgan fingerprint density at radius 2 is 2.23 bits per heavy atom. The van der Waals surface area contributed by atoms with Crippen molar-refractivity contribution in [3.8, 4) is 0 Å². The van der Waals surface area contributed by atoms with Crippen LogP contribution in [0.5, 0.6) is 0 Å². The van der Waals surface area contributed by atoms with Crippen LogP contribution in [-0.4, -0.2) is 17.6 Å². The van der Waals surface area contributed by atoms with Crippen molar-refractivity contribution in [3.05, 3.63) is 22.4 Å². The number of ether oxygens (including phenoxy) is 1. The SMILES string of the molecule is COC(=O)c1cc(Br)cn1C(C)C. The number of halogens is 1. The van der Waals surface area contributed by atoms with E-state index in [4.69, 9.17) is 0 Å². The Balaban J connectivity index is 3.11. The maximum Gasteiger partial charge on any atom is 0.354 e. The van der Waals surface area contributed by atoms with Gasteiger partial charge in [0, 0.05) is 16.7 Å². The van der Waals surface area contributed by atoms with E-state index in [1.54, 1.807) is 6.07 Å². The first-order valence-electron chi connectivity index (χ1n) is 4.02. The lowest BCUT2D eigenvalue weighted by atomic mass is 10.3. The number of esters is 1. The topological polar surface area (TPSA) is 31.2 Å². The minimum absolute atomic E-state index is 0.250. The lowest BCUT2D eigenvalue weighted by Crippen LogP contribution is -2.11. The van der Waals surface area contributed by atoms with Crippen molar-refractivity contribution in [1.29, 1.82) is 0 Å². The molecule has 0 N–H and O–H groups in total. The summed E-state index contributed by atoms with van der Waals surface area (Å²) in [5.74, 6) is -0.306. The van der Waals surface area contributed by atoms with Crippen molar-refractivity contribution in [2.75, 3.05) is 7.11 Å². The van der Waals surface area contributed by atoms with E-state index in [9.17, 15) is 4.79 Å². The molecule has 1 aromatic rings. The Hall–Kier alpha value is -0.770. The molecule has 0 aliphatic heterocycles. The van der Waals surface area contributed by atoms with Gasteiger partial charge in [0.15, 0.2) is 0 Å². The molecule has 4 heteroatoms. The van der Waals surface area contributed by atoms with Gasteiger partial charge in [0.1, 0.15) is 5.69 Å². The molecule has 0 saturated heterocycles. The van der Waals surface area contributed by atoms with Gasteiger partial charge in [-0.15, -0.1) is 0 Å². The van der Waals surface area contributed by atoms with Gasteiger partial charge in [-0.3, -0.25) is 0 Å². The number of nitrogens with zero attached hydrogens (tertiary/aromatic N) is 1. The third-order valence-electron chi connectivity index (χ3n) is 1.77. The highest BCUT2D eigenvalue weighted by molar-refractivity contribution is 9.10. The van der Waals surface area contributed by atoms with Gasteiger partial charge >= 0.3 is 5.97 Å². The zero-order valence-corrected chi connectivity index (χ0v) is 9.46. The fourth-order valence-corrected chi connectivity index (χ4v) is 1.58. The molecule has 0 aliphatic rings. The monoisotopic (exact) mass is 245 g/mol. The molecule has 1 heterocycles. The molecule has 13 heavy (non-hydrogen) atoms. The van der Waals surface area contributed by atoms with Gasteiger partial charge in [0.25, 0.3) is 0 Å². The van der Waals surface area contributed by atoms with Crippen molar-refractivity contribution < 1.29 is 9.53 Å². The molecular formula is C9H12BrNO2. The van der Waals surface area contributed by atoms with E-state index < -0.39 is 0 Å². The maximum absolute atomic E-state index is 11.3. The van der Waals surface area contributed by atoms with Crippen LogP contribution in [-0.2, 0) is 4.74 Å². The summed E-state index contributed by atoms with van der Waals surface area (Å²) < 4.78 is 7.42. The number of hydrogen-bond donors (Lipinski definition) is 0. The molecule has 0 aliphatic carbocycles. The van der Waals surface area contributed by atoms with Gasteiger partial charge in [0.05, 0.1) is 7.11 Å². The summed E-state index contributed by atoms with van der Waals surface area (Å²) in [7, 11) is 1.38. The van der Waals surface area contributed by atoms with E-state index in [-0.39, 0.29) is 12.0 Å². The second-order valence-electron chi connectivity index (χ2n) is 3.04. The Morgan fingerprint density at radius 3 is 2.69 bits per heavy atom. The van der Waals surface area contributed by atoms with Gasteiger partial charge in [-0.25, -0.2) is 4.79 Å². The molecule has 72 valence electrons. The van der Waals surface area contributed by atoms with Gasteiger partial charge in [0.2, 0.25) is 0 Å². The van der Waals surface area contributed by atoms with Gasteiger partial charge in [-0.05, 0) is 35.8 Å². The average Bonchev–Trinajstić information content (AvgIpc) is 2.46. The number of rotatable bonds is 2. The molecule has 0 aromatic carbocycles. The largest absolute Gasteiger partial charge is 0.464 e. The zero-order chi connectivity index (χ0) is 10.0.